The van der Waals surface area contributed by atoms with Gasteiger partial charge in [0.1, 0.15) is 5.54 Å². The van der Waals surface area contributed by atoms with Crippen LogP contribution in [-0.2, 0) is 0 Å². The highest BCUT2D eigenvalue weighted by Gasteiger charge is 2.35. The summed E-state index contributed by atoms with van der Waals surface area (Å²) in [4.78, 5) is 0. The zero-order valence-corrected chi connectivity index (χ0v) is 9.99. The maximum atomic E-state index is 9.24. The average Bonchev–Trinajstić information content (AvgIpc) is 2.19. The SMILES string of the molecule is CCNC1(C#N)CCCC(SCC)C1. The van der Waals surface area contributed by atoms with E-state index in [1.54, 1.807) is 0 Å². The maximum absolute atomic E-state index is 9.24. The first-order chi connectivity index (χ1) is 6.76. The largest absolute Gasteiger partial charge is 0.300 e. The highest BCUT2D eigenvalue weighted by molar-refractivity contribution is 7.99. The minimum Gasteiger partial charge on any atom is -0.300 e. The van der Waals surface area contributed by atoms with Gasteiger partial charge in [-0.15, -0.1) is 0 Å². The van der Waals surface area contributed by atoms with Gasteiger partial charge in [-0.1, -0.05) is 13.8 Å². The number of thioether (sulfide) groups is 1. The van der Waals surface area contributed by atoms with Gasteiger partial charge in [0, 0.05) is 5.25 Å². The van der Waals surface area contributed by atoms with Crippen molar-refractivity contribution in [1.82, 2.24) is 5.32 Å². The Morgan fingerprint density at radius 1 is 1.57 bits per heavy atom. The molecule has 0 aromatic rings. The Labute approximate surface area is 91.4 Å². The lowest BCUT2D eigenvalue weighted by atomic mass is 9.82. The van der Waals surface area contributed by atoms with E-state index in [1.807, 2.05) is 11.8 Å². The van der Waals surface area contributed by atoms with Crippen LogP contribution in [0.4, 0.5) is 0 Å². The molecule has 0 radical (unpaired) electrons. The van der Waals surface area contributed by atoms with E-state index >= 15 is 0 Å². The van der Waals surface area contributed by atoms with Crippen molar-refractivity contribution in [3.8, 4) is 6.07 Å². The third-order valence-electron chi connectivity index (χ3n) is 2.84. The Morgan fingerprint density at radius 3 is 2.93 bits per heavy atom. The van der Waals surface area contributed by atoms with Gasteiger partial charge >= 0.3 is 0 Å². The molecule has 2 nitrogen and oxygen atoms in total. The predicted octanol–water partition coefficient (Wildman–Crippen LogP) is 2.55. The average molecular weight is 212 g/mol. The molecule has 0 aromatic carbocycles. The van der Waals surface area contributed by atoms with Crippen molar-refractivity contribution in [2.45, 2.75) is 50.3 Å². The quantitative estimate of drug-likeness (QED) is 0.778. The van der Waals surface area contributed by atoms with Crippen molar-refractivity contribution in [2.75, 3.05) is 12.3 Å². The van der Waals surface area contributed by atoms with E-state index in [0.717, 1.165) is 25.1 Å². The summed E-state index contributed by atoms with van der Waals surface area (Å²) in [6.07, 6.45) is 4.53. The Kier molecular flexibility index (Phi) is 4.77. The molecule has 0 bridgehead atoms. The van der Waals surface area contributed by atoms with E-state index in [9.17, 15) is 5.26 Å². The van der Waals surface area contributed by atoms with Gasteiger partial charge in [0.15, 0.2) is 0 Å². The molecule has 0 amide bonds. The van der Waals surface area contributed by atoms with Gasteiger partial charge in [-0.25, -0.2) is 0 Å². The number of rotatable bonds is 4. The normalized spacial score (nSPS) is 32.5. The third-order valence-corrected chi connectivity index (χ3v) is 4.04. The minimum atomic E-state index is -0.222. The molecule has 2 unspecified atom stereocenters. The third kappa shape index (κ3) is 2.90. The van der Waals surface area contributed by atoms with Crippen molar-refractivity contribution in [1.29, 1.82) is 5.26 Å². The monoisotopic (exact) mass is 212 g/mol. The second kappa shape index (κ2) is 5.63. The second-order valence-corrected chi connectivity index (χ2v) is 5.48. The Morgan fingerprint density at radius 2 is 2.36 bits per heavy atom. The summed E-state index contributed by atoms with van der Waals surface area (Å²) in [6.45, 7) is 5.17. The fourth-order valence-corrected chi connectivity index (χ4v) is 3.45. The van der Waals surface area contributed by atoms with Gasteiger partial charge in [-0.2, -0.15) is 17.0 Å². The van der Waals surface area contributed by atoms with Crippen LogP contribution < -0.4 is 5.32 Å². The van der Waals surface area contributed by atoms with Crippen LogP contribution in [-0.4, -0.2) is 23.1 Å². The summed E-state index contributed by atoms with van der Waals surface area (Å²) in [6, 6.07) is 2.48. The first-order valence-electron chi connectivity index (χ1n) is 5.54. The molecule has 1 fully saturated rings. The van der Waals surface area contributed by atoms with Crippen LogP contribution in [0.15, 0.2) is 0 Å². The van der Waals surface area contributed by atoms with Crippen LogP contribution >= 0.6 is 11.8 Å². The van der Waals surface area contributed by atoms with Gasteiger partial charge in [0.2, 0.25) is 0 Å². The molecule has 1 rings (SSSR count). The van der Waals surface area contributed by atoms with E-state index in [0.29, 0.717) is 5.25 Å². The molecule has 1 saturated carbocycles. The summed E-state index contributed by atoms with van der Waals surface area (Å²) >= 11 is 2.00. The molecule has 1 N–H and O–H groups in total. The van der Waals surface area contributed by atoms with Gasteiger partial charge in [-0.05, 0) is 38.0 Å². The van der Waals surface area contributed by atoms with E-state index in [1.165, 1.54) is 12.8 Å². The van der Waals surface area contributed by atoms with E-state index in [-0.39, 0.29) is 5.54 Å². The van der Waals surface area contributed by atoms with Crippen molar-refractivity contribution in [3.05, 3.63) is 0 Å². The number of nitrogens with one attached hydrogen (secondary N) is 1. The molecule has 1 aliphatic carbocycles. The van der Waals surface area contributed by atoms with Crippen molar-refractivity contribution >= 4 is 11.8 Å². The van der Waals surface area contributed by atoms with Crippen LogP contribution in [0.25, 0.3) is 0 Å². The lowest BCUT2D eigenvalue weighted by molar-refractivity contribution is 0.309. The van der Waals surface area contributed by atoms with Crippen LogP contribution in [0.1, 0.15) is 39.5 Å². The summed E-state index contributed by atoms with van der Waals surface area (Å²) < 4.78 is 0. The molecule has 80 valence electrons. The fourth-order valence-electron chi connectivity index (χ4n) is 2.24. The topological polar surface area (TPSA) is 35.8 Å². The molecular weight excluding hydrogens is 192 g/mol. The number of hydrogen-bond donors (Lipinski definition) is 1. The highest BCUT2D eigenvalue weighted by atomic mass is 32.2. The van der Waals surface area contributed by atoms with E-state index < -0.39 is 0 Å². The zero-order chi connectivity index (χ0) is 10.4. The molecule has 0 aromatic heterocycles. The van der Waals surface area contributed by atoms with Crippen molar-refractivity contribution in [2.24, 2.45) is 0 Å². The zero-order valence-electron chi connectivity index (χ0n) is 9.18. The van der Waals surface area contributed by atoms with Gasteiger partial charge in [0.25, 0.3) is 0 Å². The van der Waals surface area contributed by atoms with Crippen LogP contribution in [0.2, 0.25) is 0 Å². The number of nitriles is 1. The lowest BCUT2D eigenvalue weighted by Gasteiger charge is -2.35. The molecular formula is C11H20N2S. The highest BCUT2D eigenvalue weighted by Crippen LogP contribution is 2.34. The van der Waals surface area contributed by atoms with Gasteiger partial charge < -0.3 is 0 Å². The first kappa shape index (κ1) is 11.9. The first-order valence-corrected chi connectivity index (χ1v) is 6.59. The fraction of sp³-hybridized carbons (Fsp3) is 0.909. The van der Waals surface area contributed by atoms with Crippen LogP contribution in [0.5, 0.6) is 0 Å². The Hall–Kier alpha value is -0.200. The summed E-state index contributed by atoms with van der Waals surface area (Å²) in [5.41, 5.74) is -0.222. The molecule has 14 heavy (non-hydrogen) atoms. The molecule has 0 saturated heterocycles. The summed E-state index contributed by atoms with van der Waals surface area (Å²) in [5, 5.41) is 13.3. The number of hydrogen-bond acceptors (Lipinski definition) is 3. The summed E-state index contributed by atoms with van der Waals surface area (Å²) in [7, 11) is 0. The molecule has 0 heterocycles. The van der Waals surface area contributed by atoms with E-state index in [4.69, 9.17) is 0 Å². The minimum absolute atomic E-state index is 0.222. The Bertz CT molecular complexity index is 206. The van der Waals surface area contributed by atoms with Crippen LogP contribution in [0.3, 0.4) is 0 Å². The Balaban J connectivity index is 2.55. The lowest BCUT2D eigenvalue weighted by Crippen LogP contribution is -2.48. The molecule has 2 atom stereocenters. The van der Waals surface area contributed by atoms with Gasteiger partial charge in [-0.3, -0.25) is 5.32 Å². The number of nitrogens with zero attached hydrogens (tertiary/aromatic N) is 1. The molecule has 3 heteroatoms. The standard InChI is InChI=1S/C11H20N2S/c1-3-13-11(9-12)7-5-6-10(8-11)14-4-2/h10,13H,3-8H2,1-2H3. The van der Waals surface area contributed by atoms with Crippen molar-refractivity contribution < 1.29 is 0 Å². The molecule has 0 aliphatic heterocycles. The molecule has 1 aliphatic rings. The summed E-state index contributed by atoms with van der Waals surface area (Å²) in [5.74, 6) is 1.16. The smallest absolute Gasteiger partial charge is 0.107 e. The molecule has 0 spiro atoms. The van der Waals surface area contributed by atoms with Gasteiger partial charge in [0.05, 0.1) is 6.07 Å². The second-order valence-electron chi connectivity index (χ2n) is 3.90. The maximum Gasteiger partial charge on any atom is 0.107 e. The predicted molar refractivity (Wildman–Crippen MR) is 62.4 cm³/mol. The van der Waals surface area contributed by atoms with Crippen LogP contribution in [0, 0.1) is 11.3 Å². The van der Waals surface area contributed by atoms with Crippen molar-refractivity contribution in [3.63, 3.8) is 0 Å². The van der Waals surface area contributed by atoms with E-state index in [2.05, 4.69) is 25.2 Å².